The van der Waals surface area contributed by atoms with Crippen LogP contribution in [0.3, 0.4) is 0 Å². The van der Waals surface area contributed by atoms with Crippen LogP contribution in [-0.2, 0) is 4.79 Å². The van der Waals surface area contributed by atoms with Crippen molar-refractivity contribution in [2.24, 2.45) is 5.92 Å². The van der Waals surface area contributed by atoms with Gasteiger partial charge in [-0.2, -0.15) is 0 Å². The first-order chi connectivity index (χ1) is 7.56. The number of hydrogen-bond donors (Lipinski definition) is 0. The molecule has 1 aliphatic carbocycles. The van der Waals surface area contributed by atoms with E-state index in [4.69, 9.17) is 0 Å². The summed E-state index contributed by atoms with van der Waals surface area (Å²) < 4.78 is 0. The minimum Gasteiger partial charge on any atom is -0.338 e. The lowest BCUT2D eigenvalue weighted by molar-refractivity contribution is -0.133. The van der Waals surface area contributed by atoms with Crippen molar-refractivity contribution in [3.8, 4) is 0 Å². The van der Waals surface area contributed by atoms with Gasteiger partial charge in [0.25, 0.3) is 0 Å². The quantitative estimate of drug-likeness (QED) is 0.709. The predicted molar refractivity (Wildman–Crippen MR) is 71.8 cm³/mol. The number of halogens is 1. The van der Waals surface area contributed by atoms with Crippen LogP contribution in [0.2, 0.25) is 0 Å². The van der Waals surface area contributed by atoms with E-state index >= 15 is 0 Å². The summed E-state index contributed by atoms with van der Waals surface area (Å²) in [6, 6.07) is 0.501. The molecule has 1 fully saturated rings. The van der Waals surface area contributed by atoms with Crippen molar-refractivity contribution in [1.29, 1.82) is 0 Å². The first kappa shape index (κ1) is 14.0. The molecule has 1 atom stereocenters. The highest BCUT2D eigenvalue weighted by atomic mass is 79.9. The lowest BCUT2D eigenvalue weighted by Crippen LogP contribution is -2.44. The monoisotopic (exact) mass is 289 g/mol. The average Bonchev–Trinajstić information content (AvgIpc) is 2.76. The Morgan fingerprint density at radius 2 is 1.94 bits per heavy atom. The molecular formula is C13H24BrNO. The van der Waals surface area contributed by atoms with Crippen LogP contribution in [0.15, 0.2) is 0 Å². The Morgan fingerprint density at radius 1 is 1.38 bits per heavy atom. The van der Waals surface area contributed by atoms with Crippen molar-refractivity contribution in [2.45, 2.75) is 63.7 Å². The molecule has 0 heterocycles. The number of nitrogens with zero attached hydrogens (tertiary/aromatic N) is 1. The minimum absolute atomic E-state index is 0.00634. The van der Waals surface area contributed by atoms with Crippen LogP contribution in [-0.4, -0.2) is 28.2 Å². The molecule has 0 bridgehead atoms. The summed E-state index contributed by atoms with van der Waals surface area (Å²) in [4.78, 5) is 14.4. The van der Waals surface area contributed by atoms with E-state index < -0.39 is 0 Å². The molecule has 0 aliphatic heterocycles. The predicted octanol–water partition coefficient (Wildman–Crippen LogP) is 3.59. The van der Waals surface area contributed by atoms with Crippen LogP contribution in [0.1, 0.15) is 52.9 Å². The molecule has 0 aromatic carbocycles. The van der Waals surface area contributed by atoms with Gasteiger partial charge in [0.15, 0.2) is 0 Å². The number of amides is 1. The van der Waals surface area contributed by atoms with Gasteiger partial charge in [0.1, 0.15) is 0 Å². The highest BCUT2D eigenvalue weighted by molar-refractivity contribution is 9.10. The van der Waals surface area contributed by atoms with Gasteiger partial charge in [-0.05, 0) is 25.2 Å². The molecule has 0 aromatic rings. The Kier molecular flexibility index (Phi) is 5.81. The maximum absolute atomic E-state index is 12.3. The van der Waals surface area contributed by atoms with Crippen molar-refractivity contribution < 1.29 is 4.79 Å². The molecule has 1 rings (SSSR count). The van der Waals surface area contributed by atoms with Gasteiger partial charge in [-0.1, -0.05) is 49.5 Å². The topological polar surface area (TPSA) is 20.3 Å². The molecule has 94 valence electrons. The third-order valence-electron chi connectivity index (χ3n) is 3.24. The molecule has 0 spiro atoms. The summed E-state index contributed by atoms with van der Waals surface area (Å²) in [6.07, 6.45) is 5.83. The number of carbonyl (C=O) groups is 1. The fraction of sp³-hybridized carbons (Fsp3) is 0.923. The fourth-order valence-corrected chi connectivity index (χ4v) is 2.65. The molecule has 16 heavy (non-hydrogen) atoms. The molecule has 1 unspecified atom stereocenters. The van der Waals surface area contributed by atoms with Gasteiger partial charge >= 0.3 is 0 Å². The van der Waals surface area contributed by atoms with Crippen molar-refractivity contribution in [2.75, 3.05) is 6.54 Å². The van der Waals surface area contributed by atoms with Gasteiger partial charge in [0, 0.05) is 12.6 Å². The summed E-state index contributed by atoms with van der Waals surface area (Å²) in [7, 11) is 0. The second kappa shape index (κ2) is 6.63. The van der Waals surface area contributed by atoms with Gasteiger partial charge in [0.05, 0.1) is 4.83 Å². The normalized spacial score (nSPS) is 19.1. The Bertz CT molecular complexity index is 224. The van der Waals surface area contributed by atoms with Crippen molar-refractivity contribution in [1.82, 2.24) is 4.90 Å². The molecule has 1 saturated carbocycles. The zero-order valence-electron chi connectivity index (χ0n) is 10.7. The van der Waals surface area contributed by atoms with Gasteiger partial charge < -0.3 is 4.90 Å². The third kappa shape index (κ3) is 3.76. The molecule has 2 nitrogen and oxygen atoms in total. The summed E-state index contributed by atoms with van der Waals surface area (Å²) >= 11 is 3.49. The standard InChI is InChI=1S/C13H24BrNO/c1-4-12(14)13(16)15(9-10(2)3)11-7-5-6-8-11/h10-12H,4-9H2,1-3H3. The van der Waals surface area contributed by atoms with Gasteiger partial charge in [-0.25, -0.2) is 0 Å². The maximum Gasteiger partial charge on any atom is 0.236 e. The van der Waals surface area contributed by atoms with Crippen molar-refractivity contribution in [3.63, 3.8) is 0 Å². The molecule has 0 radical (unpaired) electrons. The van der Waals surface area contributed by atoms with Crippen LogP contribution >= 0.6 is 15.9 Å². The van der Waals surface area contributed by atoms with E-state index in [2.05, 4.69) is 41.6 Å². The Morgan fingerprint density at radius 3 is 2.38 bits per heavy atom. The summed E-state index contributed by atoms with van der Waals surface area (Å²) in [5.74, 6) is 0.851. The number of alkyl halides is 1. The molecule has 0 saturated heterocycles. The molecule has 3 heteroatoms. The van der Waals surface area contributed by atoms with Gasteiger partial charge in [-0.3, -0.25) is 4.79 Å². The lowest BCUT2D eigenvalue weighted by Gasteiger charge is -2.32. The van der Waals surface area contributed by atoms with Crippen LogP contribution in [0.4, 0.5) is 0 Å². The Hall–Kier alpha value is -0.0500. The summed E-state index contributed by atoms with van der Waals surface area (Å²) in [6.45, 7) is 7.33. The Labute approximate surface area is 108 Å². The van der Waals surface area contributed by atoms with Crippen LogP contribution in [0.5, 0.6) is 0 Å². The minimum atomic E-state index is 0.00634. The highest BCUT2D eigenvalue weighted by Crippen LogP contribution is 2.26. The van der Waals surface area contributed by atoms with Gasteiger partial charge in [0.2, 0.25) is 5.91 Å². The van der Waals surface area contributed by atoms with Crippen LogP contribution in [0, 0.1) is 5.92 Å². The van der Waals surface area contributed by atoms with Crippen LogP contribution < -0.4 is 0 Å². The maximum atomic E-state index is 12.3. The van der Waals surface area contributed by atoms with E-state index in [1.807, 2.05) is 0 Å². The van der Waals surface area contributed by atoms with Crippen LogP contribution in [0.25, 0.3) is 0 Å². The first-order valence-electron chi connectivity index (χ1n) is 6.50. The van der Waals surface area contributed by atoms with E-state index in [0.717, 1.165) is 13.0 Å². The van der Waals surface area contributed by atoms with E-state index in [0.29, 0.717) is 17.9 Å². The third-order valence-corrected chi connectivity index (χ3v) is 4.28. The van der Waals surface area contributed by atoms with E-state index in [-0.39, 0.29) is 4.83 Å². The first-order valence-corrected chi connectivity index (χ1v) is 7.42. The smallest absolute Gasteiger partial charge is 0.236 e. The lowest BCUT2D eigenvalue weighted by atomic mass is 10.1. The summed E-state index contributed by atoms with van der Waals surface area (Å²) in [5, 5.41) is 0. The Balaban J connectivity index is 2.65. The molecular weight excluding hydrogens is 266 g/mol. The average molecular weight is 290 g/mol. The summed E-state index contributed by atoms with van der Waals surface area (Å²) in [5.41, 5.74) is 0. The fourth-order valence-electron chi connectivity index (χ4n) is 2.38. The zero-order valence-corrected chi connectivity index (χ0v) is 12.3. The number of carbonyl (C=O) groups excluding carboxylic acids is 1. The van der Waals surface area contributed by atoms with E-state index in [1.165, 1.54) is 25.7 Å². The SMILES string of the molecule is CCC(Br)C(=O)N(CC(C)C)C1CCCC1. The van der Waals surface area contributed by atoms with Crippen molar-refractivity contribution in [3.05, 3.63) is 0 Å². The van der Waals surface area contributed by atoms with Crippen molar-refractivity contribution >= 4 is 21.8 Å². The molecule has 1 amide bonds. The van der Waals surface area contributed by atoms with Gasteiger partial charge in [-0.15, -0.1) is 0 Å². The molecule has 0 aromatic heterocycles. The highest BCUT2D eigenvalue weighted by Gasteiger charge is 2.29. The number of hydrogen-bond acceptors (Lipinski definition) is 1. The molecule has 1 aliphatic rings. The number of rotatable bonds is 5. The second-order valence-corrected chi connectivity index (χ2v) is 6.30. The van der Waals surface area contributed by atoms with E-state index in [9.17, 15) is 4.79 Å². The second-order valence-electron chi connectivity index (χ2n) is 5.20. The largest absolute Gasteiger partial charge is 0.338 e. The zero-order chi connectivity index (χ0) is 12.1. The van der Waals surface area contributed by atoms with E-state index in [1.54, 1.807) is 0 Å². The molecule has 0 N–H and O–H groups in total.